The van der Waals surface area contributed by atoms with E-state index in [1.54, 1.807) is 18.7 Å². The minimum absolute atomic E-state index is 0.0525. The molecule has 0 aromatic carbocycles. The van der Waals surface area contributed by atoms with Crippen molar-refractivity contribution in [2.75, 3.05) is 13.1 Å². The van der Waals surface area contributed by atoms with Crippen LogP contribution in [-0.4, -0.2) is 38.6 Å². The van der Waals surface area contributed by atoms with E-state index in [2.05, 4.69) is 19.9 Å². The van der Waals surface area contributed by atoms with Gasteiger partial charge in [0.1, 0.15) is 11.6 Å². The fourth-order valence-corrected chi connectivity index (χ4v) is 3.56. The Morgan fingerprint density at radius 1 is 1.26 bits per heavy atom. The molecule has 1 aliphatic heterocycles. The lowest BCUT2D eigenvalue weighted by Crippen LogP contribution is -2.45. The summed E-state index contributed by atoms with van der Waals surface area (Å²) in [7, 11) is 0. The van der Waals surface area contributed by atoms with Gasteiger partial charge in [0.25, 0.3) is 0 Å². The first kappa shape index (κ1) is 17.3. The normalized spacial score (nSPS) is 17.0. The second-order valence-corrected chi connectivity index (χ2v) is 6.79. The molecule has 1 N–H and O–H groups in total. The van der Waals surface area contributed by atoms with Crippen molar-refractivity contribution in [3.05, 3.63) is 72.5 Å². The number of nitrogens with zero attached hydrogens (tertiary/aromatic N) is 4. The van der Waals surface area contributed by atoms with E-state index < -0.39 is 0 Å². The number of pyridine rings is 1. The molecular formula is C20H23N5O2. The summed E-state index contributed by atoms with van der Waals surface area (Å²) >= 11 is 0. The molecule has 3 aromatic rings. The molecule has 2 amide bonds. The van der Waals surface area contributed by atoms with Gasteiger partial charge in [0.2, 0.25) is 0 Å². The van der Waals surface area contributed by atoms with Crippen molar-refractivity contribution >= 4 is 6.03 Å². The van der Waals surface area contributed by atoms with Crippen LogP contribution in [0.2, 0.25) is 0 Å². The third-order valence-corrected chi connectivity index (χ3v) is 4.92. The van der Waals surface area contributed by atoms with Gasteiger partial charge in [-0.25, -0.2) is 9.78 Å². The van der Waals surface area contributed by atoms with E-state index >= 15 is 0 Å². The second-order valence-electron chi connectivity index (χ2n) is 6.79. The molecule has 0 bridgehead atoms. The highest BCUT2D eigenvalue weighted by molar-refractivity contribution is 5.74. The number of nitrogens with one attached hydrogen (secondary N) is 1. The van der Waals surface area contributed by atoms with Crippen molar-refractivity contribution in [3.63, 3.8) is 0 Å². The minimum atomic E-state index is -0.0525. The molecule has 1 aliphatic rings. The molecule has 0 saturated carbocycles. The van der Waals surface area contributed by atoms with Crippen LogP contribution >= 0.6 is 0 Å². The van der Waals surface area contributed by atoms with Gasteiger partial charge >= 0.3 is 6.03 Å². The van der Waals surface area contributed by atoms with Crippen LogP contribution in [0.4, 0.5) is 4.79 Å². The van der Waals surface area contributed by atoms with Gasteiger partial charge in [-0.15, -0.1) is 0 Å². The second kappa shape index (κ2) is 8.07. The lowest BCUT2D eigenvalue weighted by molar-refractivity contribution is 0.176. The van der Waals surface area contributed by atoms with E-state index in [0.29, 0.717) is 13.1 Å². The number of carbonyl (C=O) groups excluding carboxylic acids is 1. The Morgan fingerprint density at radius 3 is 2.96 bits per heavy atom. The van der Waals surface area contributed by atoms with E-state index in [9.17, 15) is 4.79 Å². The third kappa shape index (κ3) is 4.19. The zero-order valence-electron chi connectivity index (χ0n) is 15.1. The zero-order chi connectivity index (χ0) is 18.5. The summed E-state index contributed by atoms with van der Waals surface area (Å²) in [5.41, 5.74) is 1.19. The number of rotatable bonds is 5. The standard InChI is InChI=1S/C20H23N5O2/c26-20(23-13-18-4-2-12-27-18)25-10-1-3-17(15-25)19-22-9-11-24(19)14-16-5-7-21-8-6-16/h2,4-9,11-12,17H,1,3,10,13-15H2,(H,23,26)/t17-/m0/s1. The lowest BCUT2D eigenvalue weighted by Gasteiger charge is -2.32. The number of aromatic nitrogens is 3. The Hall–Kier alpha value is -3.09. The van der Waals surface area contributed by atoms with Crippen LogP contribution in [0.15, 0.2) is 59.7 Å². The first-order valence-electron chi connectivity index (χ1n) is 9.24. The molecule has 27 heavy (non-hydrogen) atoms. The van der Waals surface area contributed by atoms with Crippen molar-refractivity contribution in [3.8, 4) is 0 Å². The number of piperidine rings is 1. The topological polar surface area (TPSA) is 76.2 Å². The Morgan fingerprint density at radius 2 is 2.15 bits per heavy atom. The van der Waals surface area contributed by atoms with Crippen molar-refractivity contribution in [1.82, 2.24) is 24.8 Å². The first-order valence-corrected chi connectivity index (χ1v) is 9.24. The quantitative estimate of drug-likeness (QED) is 0.754. The summed E-state index contributed by atoms with van der Waals surface area (Å²) < 4.78 is 7.44. The molecule has 140 valence electrons. The average molecular weight is 365 g/mol. The molecule has 7 heteroatoms. The van der Waals surface area contributed by atoms with Gasteiger partial charge in [0.15, 0.2) is 0 Å². The number of carbonyl (C=O) groups is 1. The van der Waals surface area contributed by atoms with E-state index in [1.165, 1.54) is 5.56 Å². The maximum absolute atomic E-state index is 12.5. The first-order chi connectivity index (χ1) is 13.3. The maximum Gasteiger partial charge on any atom is 0.317 e. The predicted molar refractivity (Wildman–Crippen MR) is 100 cm³/mol. The van der Waals surface area contributed by atoms with E-state index in [0.717, 1.165) is 37.5 Å². The molecule has 4 heterocycles. The van der Waals surface area contributed by atoms with Gasteiger partial charge in [-0.3, -0.25) is 4.98 Å². The molecule has 0 aliphatic carbocycles. The highest BCUT2D eigenvalue weighted by atomic mass is 16.3. The van der Waals surface area contributed by atoms with Crippen LogP contribution in [0.5, 0.6) is 0 Å². The number of urea groups is 1. The van der Waals surface area contributed by atoms with E-state index in [4.69, 9.17) is 4.42 Å². The molecule has 7 nitrogen and oxygen atoms in total. The maximum atomic E-state index is 12.5. The third-order valence-electron chi connectivity index (χ3n) is 4.92. The van der Waals surface area contributed by atoms with E-state index in [1.807, 2.05) is 41.6 Å². The zero-order valence-corrected chi connectivity index (χ0v) is 15.1. The van der Waals surface area contributed by atoms with Crippen molar-refractivity contribution in [1.29, 1.82) is 0 Å². The van der Waals surface area contributed by atoms with Crippen molar-refractivity contribution < 1.29 is 9.21 Å². The number of likely N-dealkylation sites (tertiary alicyclic amines) is 1. The fraction of sp³-hybridized carbons (Fsp3) is 0.350. The number of furan rings is 1. The van der Waals surface area contributed by atoms with Gasteiger partial charge in [0.05, 0.1) is 12.8 Å². The highest BCUT2D eigenvalue weighted by Gasteiger charge is 2.27. The Kier molecular flexibility index (Phi) is 5.18. The van der Waals surface area contributed by atoms with Gasteiger partial charge in [-0.2, -0.15) is 0 Å². The SMILES string of the molecule is O=C(NCc1ccco1)N1CCC[C@H](c2nccn2Cc2ccncc2)C1. The van der Waals surface area contributed by atoms with Crippen molar-refractivity contribution in [2.24, 2.45) is 0 Å². The summed E-state index contributed by atoms with van der Waals surface area (Å²) in [4.78, 5) is 23.1. The van der Waals surface area contributed by atoms with Gasteiger partial charge in [-0.1, -0.05) is 0 Å². The van der Waals surface area contributed by atoms with Crippen molar-refractivity contribution in [2.45, 2.75) is 31.8 Å². The molecule has 4 rings (SSSR count). The molecule has 0 spiro atoms. The Bertz CT molecular complexity index is 860. The van der Waals surface area contributed by atoms with Gasteiger partial charge < -0.3 is 19.2 Å². The molecule has 1 saturated heterocycles. The van der Waals surface area contributed by atoms with Crippen LogP contribution in [-0.2, 0) is 13.1 Å². The minimum Gasteiger partial charge on any atom is -0.467 e. The lowest BCUT2D eigenvalue weighted by atomic mass is 9.97. The molecule has 3 aromatic heterocycles. The molecular weight excluding hydrogens is 342 g/mol. The fourth-order valence-electron chi connectivity index (χ4n) is 3.56. The highest BCUT2D eigenvalue weighted by Crippen LogP contribution is 2.26. The molecule has 1 fully saturated rings. The van der Waals surface area contributed by atoms with Crippen LogP contribution in [0, 0.1) is 0 Å². The average Bonchev–Trinajstić information content (AvgIpc) is 3.39. The molecule has 0 unspecified atom stereocenters. The van der Waals surface area contributed by atoms with Crippen LogP contribution in [0.1, 0.15) is 35.9 Å². The smallest absolute Gasteiger partial charge is 0.317 e. The summed E-state index contributed by atoms with van der Waals surface area (Å²) in [6.45, 7) is 2.62. The van der Waals surface area contributed by atoms with Gasteiger partial charge in [0, 0.05) is 50.3 Å². The van der Waals surface area contributed by atoms with Crippen LogP contribution in [0.3, 0.4) is 0 Å². The summed E-state index contributed by atoms with van der Waals surface area (Å²) in [6, 6.07) is 7.65. The summed E-state index contributed by atoms with van der Waals surface area (Å²) in [5.74, 6) is 2.03. The number of imidazole rings is 1. The van der Waals surface area contributed by atoms with Crippen LogP contribution < -0.4 is 5.32 Å². The monoisotopic (exact) mass is 365 g/mol. The Balaban J connectivity index is 1.40. The van der Waals surface area contributed by atoms with Crippen LogP contribution in [0.25, 0.3) is 0 Å². The Labute approximate surface area is 158 Å². The molecule has 0 radical (unpaired) electrons. The molecule has 1 atom stereocenters. The largest absolute Gasteiger partial charge is 0.467 e. The van der Waals surface area contributed by atoms with E-state index in [-0.39, 0.29) is 11.9 Å². The predicted octanol–water partition coefficient (Wildman–Crippen LogP) is 3.01. The van der Waals surface area contributed by atoms with Gasteiger partial charge in [-0.05, 0) is 42.7 Å². The number of hydrogen-bond donors (Lipinski definition) is 1. The summed E-state index contributed by atoms with van der Waals surface area (Å²) in [6.07, 6.45) is 11.1. The number of hydrogen-bond acceptors (Lipinski definition) is 4. The number of amides is 2. The summed E-state index contributed by atoms with van der Waals surface area (Å²) in [5, 5.41) is 2.93.